The number of piperidine rings is 1. The number of amides is 2. The minimum absolute atomic E-state index is 0.102. The van der Waals surface area contributed by atoms with Gasteiger partial charge in [-0.15, -0.1) is 0 Å². The van der Waals surface area contributed by atoms with Crippen LogP contribution in [0.25, 0.3) is 0 Å². The van der Waals surface area contributed by atoms with Gasteiger partial charge in [0.25, 0.3) is 0 Å². The van der Waals surface area contributed by atoms with E-state index in [1.807, 2.05) is 11.8 Å². The van der Waals surface area contributed by atoms with E-state index in [0.717, 1.165) is 6.42 Å². The van der Waals surface area contributed by atoms with Crippen LogP contribution in [-0.2, 0) is 9.59 Å². The van der Waals surface area contributed by atoms with E-state index in [9.17, 15) is 22.8 Å². The van der Waals surface area contributed by atoms with Crippen LogP contribution in [0.4, 0.5) is 13.2 Å². The molecule has 2 saturated heterocycles. The van der Waals surface area contributed by atoms with Crippen molar-refractivity contribution in [2.24, 2.45) is 5.92 Å². The highest BCUT2D eigenvalue weighted by molar-refractivity contribution is 5.78. The Hall–Kier alpha value is -1.31. The fraction of sp³-hybridized carbons (Fsp3) is 0.875. The summed E-state index contributed by atoms with van der Waals surface area (Å²) in [5.74, 6) is -1.54. The lowest BCUT2D eigenvalue weighted by atomic mass is 9.97. The Labute approximate surface area is 140 Å². The molecule has 138 valence electrons. The van der Waals surface area contributed by atoms with Crippen LogP contribution in [0.15, 0.2) is 0 Å². The second kappa shape index (κ2) is 8.18. The van der Waals surface area contributed by atoms with E-state index in [0.29, 0.717) is 45.6 Å². The van der Waals surface area contributed by atoms with E-state index >= 15 is 0 Å². The third kappa shape index (κ3) is 5.09. The van der Waals surface area contributed by atoms with Gasteiger partial charge in [-0.1, -0.05) is 6.92 Å². The summed E-state index contributed by atoms with van der Waals surface area (Å²) in [5.41, 5.74) is 0. The lowest BCUT2D eigenvalue weighted by Gasteiger charge is -2.35. The van der Waals surface area contributed by atoms with E-state index in [2.05, 4.69) is 0 Å². The minimum Gasteiger partial charge on any atom is -0.341 e. The van der Waals surface area contributed by atoms with Crippen molar-refractivity contribution in [2.75, 3.05) is 45.8 Å². The Morgan fingerprint density at radius 2 is 1.67 bits per heavy atom. The molecule has 0 spiro atoms. The Balaban J connectivity index is 1.84. The Kier molecular flexibility index (Phi) is 6.48. The zero-order valence-electron chi connectivity index (χ0n) is 14.1. The molecule has 2 heterocycles. The van der Waals surface area contributed by atoms with E-state index in [-0.39, 0.29) is 31.3 Å². The fourth-order valence-electron chi connectivity index (χ4n) is 3.36. The average Bonchev–Trinajstić information content (AvgIpc) is 2.79. The number of likely N-dealkylation sites (tertiary alicyclic amines) is 1. The topological polar surface area (TPSA) is 43.9 Å². The van der Waals surface area contributed by atoms with Gasteiger partial charge >= 0.3 is 6.18 Å². The van der Waals surface area contributed by atoms with E-state index < -0.39 is 12.1 Å². The van der Waals surface area contributed by atoms with Crippen molar-refractivity contribution in [3.8, 4) is 0 Å². The maximum atomic E-state index is 12.9. The van der Waals surface area contributed by atoms with Gasteiger partial charge in [-0.25, -0.2) is 0 Å². The number of hydrogen-bond donors (Lipinski definition) is 0. The summed E-state index contributed by atoms with van der Waals surface area (Å²) < 4.78 is 38.6. The van der Waals surface area contributed by atoms with Gasteiger partial charge in [-0.05, 0) is 19.3 Å². The van der Waals surface area contributed by atoms with Crippen molar-refractivity contribution in [1.29, 1.82) is 0 Å². The number of halogens is 3. The molecule has 2 fully saturated rings. The molecule has 0 bridgehead atoms. The van der Waals surface area contributed by atoms with Crippen LogP contribution in [0.3, 0.4) is 0 Å². The van der Waals surface area contributed by atoms with Crippen LogP contribution in [0.2, 0.25) is 0 Å². The third-order valence-electron chi connectivity index (χ3n) is 4.84. The largest absolute Gasteiger partial charge is 0.393 e. The molecule has 2 rings (SSSR count). The molecule has 5 nitrogen and oxygen atoms in total. The summed E-state index contributed by atoms with van der Waals surface area (Å²) in [6, 6.07) is 0. The Morgan fingerprint density at radius 1 is 0.958 bits per heavy atom. The number of hydrogen-bond acceptors (Lipinski definition) is 3. The molecule has 1 atom stereocenters. The molecule has 0 saturated carbocycles. The van der Waals surface area contributed by atoms with Gasteiger partial charge in [0.1, 0.15) is 0 Å². The van der Waals surface area contributed by atoms with Gasteiger partial charge in [-0.3, -0.25) is 14.5 Å². The number of rotatable bonds is 3. The molecule has 1 unspecified atom stereocenters. The lowest BCUT2D eigenvalue weighted by molar-refractivity contribution is -0.188. The van der Waals surface area contributed by atoms with Crippen LogP contribution >= 0.6 is 0 Å². The number of alkyl halides is 3. The van der Waals surface area contributed by atoms with Gasteiger partial charge in [0, 0.05) is 45.7 Å². The first-order valence-corrected chi connectivity index (χ1v) is 8.66. The van der Waals surface area contributed by atoms with Crippen LogP contribution in [-0.4, -0.2) is 78.5 Å². The molecular weight excluding hydrogens is 323 g/mol. The van der Waals surface area contributed by atoms with E-state index in [1.165, 1.54) is 4.90 Å². The third-order valence-corrected chi connectivity index (χ3v) is 4.84. The van der Waals surface area contributed by atoms with Crippen molar-refractivity contribution in [3.05, 3.63) is 0 Å². The predicted octanol–water partition coefficient (Wildman–Crippen LogP) is 1.73. The summed E-state index contributed by atoms with van der Waals surface area (Å²) in [6.07, 6.45) is -2.49. The van der Waals surface area contributed by atoms with Gasteiger partial charge in [0.05, 0.1) is 12.5 Å². The first kappa shape index (κ1) is 19.0. The van der Waals surface area contributed by atoms with Crippen molar-refractivity contribution in [2.45, 2.75) is 38.8 Å². The van der Waals surface area contributed by atoms with Crippen LogP contribution in [0, 0.1) is 5.92 Å². The van der Waals surface area contributed by atoms with Crippen molar-refractivity contribution < 1.29 is 22.8 Å². The molecule has 0 aromatic heterocycles. The lowest BCUT2D eigenvalue weighted by Crippen LogP contribution is -2.48. The molecule has 24 heavy (non-hydrogen) atoms. The molecule has 8 heteroatoms. The SMILES string of the molecule is CCC(=O)N1CCCN(CC(=O)N2CCCC(C(F)(F)F)C2)CC1. The highest BCUT2D eigenvalue weighted by atomic mass is 19.4. The molecule has 2 aliphatic heterocycles. The Morgan fingerprint density at radius 3 is 2.33 bits per heavy atom. The normalized spacial score (nSPS) is 23.9. The second-order valence-electron chi connectivity index (χ2n) is 6.58. The number of carbonyl (C=O) groups excluding carboxylic acids is 2. The quantitative estimate of drug-likeness (QED) is 0.779. The van der Waals surface area contributed by atoms with E-state index in [4.69, 9.17) is 0 Å². The summed E-state index contributed by atoms with van der Waals surface area (Å²) in [7, 11) is 0. The van der Waals surface area contributed by atoms with Crippen molar-refractivity contribution in [3.63, 3.8) is 0 Å². The van der Waals surface area contributed by atoms with Crippen molar-refractivity contribution in [1.82, 2.24) is 14.7 Å². The predicted molar refractivity (Wildman–Crippen MR) is 83.3 cm³/mol. The molecule has 2 amide bonds. The smallest absolute Gasteiger partial charge is 0.341 e. The molecule has 0 aliphatic carbocycles. The van der Waals surface area contributed by atoms with Crippen LogP contribution < -0.4 is 0 Å². The number of carbonyl (C=O) groups is 2. The summed E-state index contributed by atoms with van der Waals surface area (Å²) in [4.78, 5) is 29.2. The number of nitrogens with zero attached hydrogens (tertiary/aromatic N) is 3. The minimum atomic E-state index is -4.23. The molecule has 0 aromatic carbocycles. The molecule has 0 aromatic rings. The monoisotopic (exact) mass is 349 g/mol. The summed E-state index contributed by atoms with van der Waals surface area (Å²) in [6.45, 7) is 4.67. The molecule has 0 radical (unpaired) electrons. The maximum absolute atomic E-state index is 12.9. The Bertz CT molecular complexity index is 456. The van der Waals surface area contributed by atoms with Gasteiger partial charge in [-0.2, -0.15) is 13.2 Å². The first-order chi connectivity index (χ1) is 11.3. The zero-order valence-corrected chi connectivity index (χ0v) is 14.1. The maximum Gasteiger partial charge on any atom is 0.393 e. The zero-order chi connectivity index (χ0) is 17.7. The summed E-state index contributed by atoms with van der Waals surface area (Å²) in [5, 5.41) is 0. The standard InChI is InChI=1S/C16H26F3N3O2/c1-2-14(23)21-8-4-6-20(9-10-21)12-15(24)22-7-3-5-13(11-22)16(17,18)19/h13H,2-12H2,1H3. The molecular formula is C16H26F3N3O2. The van der Waals surface area contributed by atoms with Gasteiger partial charge in [0.2, 0.25) is 11.8 Å². The molecule has 2 aliphatic rings. The average molecular weight is 349 g/mol. The summed E-state index contributed by atoms with van der Waals surface area (Å²) >= 11 is 0. The highest BCUT2D eigenvalue weighted by Crippen LogP contribution is 2.33. The van der Waals surface area contributed by atoms with E-state index in [1.54, 1.807) is 4.90 Å². The fourth-order valence-corrected chi connectivity index (χ4v) is 3.36. The molecule has 0 N–H and O–H groups in total. The first-order valence-electron chi connectivity index (χ1n) is 8.66. The van der Waals surface area contributed by atoms with Crippen LogP contribution in [0.1, 0.15) is 32.6 Å². The highest BCUT2D eigenvalue weighted by Gasteiger charge is 2.42. The van der Waals surface area contributed by atoms with Crippen LogP contribution in [0.5, 0.6) is 0 Å². The van der Waals surface area contributed by atoms with Gasteiger partial charge in [0.15, 0.2) is 0 Å². The van der Waals surface area contributed by atoms with Gasteiger partial charge < -0.3 is 9.80 Å². The van der Waals surface area contributed by atoms with Crippen molar-refractivity contribution >= 4 is 11.8 Å². The second-order valence-corrected chi connectivity index (χ2v) is 6.58.